The first-order valence-corrected chi connectivity index (χ1v) is 9.01. The highest BCUT2D eigenvalue weighted by Gasteiger charge is 2.10. The number of aryl methyl sites for hydroxylation is 1. The normalized spacial score (nSPS) is 10.9. The first kappa shape index (κ1) is 18.2. The fourth-order valence-corrected chi connectivity index (χ4v) is 2.73. The van der Waals surface area contributed by atoms with Gasteiger partial charge in [0.05, 0.1) is 0 Å². The summed E-state index contributed by atoms with van der Waals surface area (Å²) >= 11 is 0. The molecule has 0 aliphatic rings. The van der Waals surface area contributed by atoms with Gasteiger partial charge in [0.25, 0.3) is 0 Å². The lowest BCUT2D eigenvalue weighted by molar-refractivity contribution is 0.732. The monoisotopic (exact) mass is 326 g/mol. The van der Waals surface area contributed by atoms with Crippen LogP contribution in [0.2, 0.25) is 0 Å². The van der Waals surface area contributed by atoms with Gasteiger partial charge in [0.15, 0.2) is 0 Å². The molecule has 4 nitrogen and oxygen atoms in total. The number of aromatic nitrogens is 2. The van der Waals surface area contributed by atoms with Crippen LogP contribution in [0.5, 0.6) is 0 Å². The highest BCUT2D eigenvalue weighted by atomic mass is 15.2. The van der Waals surface area contributed by atoms with Gasteiger partial charge in [-0.05, 0) is 43.4 Å². The molecule has 4 heteroatoms. The Labute approximate surface area is 146 Å². The van der Waals surface area contributed by atoms with E-state index in [4.69, 9.17) is 4.98 Å². The van der Waals surface area contributed by atoms with Crippen molar-refractivity contribution in [3.63, 3.8) is 0 Å². The summed E-state index contributed by atoms with van der Waals surface area (Å²) in [4.78, 5) is 11.6. The molecule has 1 aromatic heterocycles. The Kier molecular flexibility index (Phi) is 6.59. The van der Waals surface area contributed by atoms with Crippen molar-refractivity contribution in [1.82, 2.24) is 9.97 Å². The summed E-state index contributed by atoms with van der Waals surface area (Å²) in [5, 5.41) is 3.34. The van der Waals surface area contributed by atoms with E-state index < -0.39 is 0 Å². The minimum Gasteiger partial charge on any atom is -0.356 e. The standard InChI is InChI=1S/C20H30N4/c1-6-12-24(13-7-2)19-14-16(5)21-20(23-19)22-18-10-8-17(9-11-18)15(3)4/h8-11,14-15H,6-7,12-13H2,1-5H3,(H,21,22,23). The molecule has 0 unspecified atom stereocenters. The molecule has 0 aliphatic carbocycles. The Balaban J connectivity index is 2.20. The molecule has 0 aliphatic heterocycles. The lowest BCUT2D eigenvalue weighted by Gasteiger charge is -2.23. The minimum atomic E-state index is 0.539. The second kappa shape index (κ2) is 8.67. The molecule has 0 atom stereocenters. The van der Waals surface area contributed by atoms with E-state index in [1.54, 1.807) is 0 Å². The van der Waals surface area contributed by atoms with Gasteiger partial charge >= 0.3 is 0 Å². The lowest BCUT2D eigenvalue weighted by atomic mass is 10.0. The van der Waals surface area contributed by atoms with Crippen molar-refractivity contribution < 1.29 is 0 Å². The zero-order chi connectivity index (χ0) is 17.5. The maximum absolute atomic E-state index is 4.73. The summed E-state index contributed by atoms with van der Waals surface area (Å²) in [7, 11) is 0. The van der Waals surface area contributed by atoms with Gasteiger partial charge in [-0.25, -0.2) is 4.98 Å². The predicted molar refractivity (Wildman–Crippen MR) is 103 cm³/mol. The highest BCUT2D eigenvalue weighted by molar-refractivity contribution is 5.56. The Morgan fingerprint density at radius 2 is 1.62 bits per heavy atom. The maximum atomic E-state index is 4.73. The summed E-state index contributed by atoms with van der Waals surface area (Å²) in [6, 6.07) is 10.6. The molecule has 0 saturated heterocycles. The van der Waals surface area contributed by atoms with Crippen LogP contribution in [0.3, 0.4) is 0 Å². The van der Waals surface area contributed by atoms with E-state index in [0.29, 0.717) is 11.9 Å². The van der Waals surface area contributed by atoms with E-state index in [2.05, 4.69) is 73.2 Å². The van der Waals surface area contributed by atoms with Crippen molar-refractivity contribution in [2.24, 2.45) is 0 Å². The van der Waals surface area contributed by atoms with Gasteiger partial charge in [-0.15, -0.1) is 0 Å². The van der Waals surface area contributed by atoms with Gasteiger partial charge in [0.1, 0.15) is 5.82 Å². The third kappa shape index (κ3) is 4.95. The average Bonchev–Trinajstić information content (AvgIpc) is 2.54. The number of nitrogens with zero attached hydrogens (tertiary/aromatic N) is 3. The number of nitrogens with one attached hydrogen (secondary N) is 1. The van der Waals surface area contributed by atoms with Gasteiger partial charge in [-0.3, -0.25) is 0 Å². The zero-order valence-corrected chi connectivity index (χ0v) is 15.6. The van der Waals surface area contributed by atoms with E-state index in [1.807, 2.05) is 6.92 Å². The van der Waals surface area contributed by atoms with Crippen LogP contribution < -0.4 is 10.2 Å². The third-order valence-electron chi connectivity index (χ3n) is 3.99. The molecule has 0 amide bonds. The number of benzene rings is 1. The number of hydrogen-bond donors (Lipinski definition) is 1. The van der Waals surface area contributed by atoms with E-state index in [0.717, 1.165) is 43.1 Å². The smallest absolute Gasteiger partial charge is 0.229 e. The summed E-state index contributed by atoms with van der Waals surface area (Å²) in [5.41, 5.74) is 3.34. The van der Waals surface area contributed by atoms with Gasteiger partial charge in [-0.2, -0.15) is 4.98 Å². The maximum Gasteiger partial charge on any atom is 0.229 e. The molecule has 0 fully saturated rings. The topological polar surface area (TPSA) is 41.1 Å². The van der Waals surface area contributed by atoms with Crippen molar-refractivity contribution in [1.29, 1.82) is 0 Å². The van der Waals surface area contributed by atoms with Crippen LogP contribution in [0.25, 0.3) is 0 Å². The number of hydrogen-bond acceptors (Lipinski definition) is 4. The number of anilines is 3. The predicted octanol–water partition coefficient (Wildman–Crippen LogP) is 5.28. The molecule has 0 bridgehead atoms. The van der Waals surface area contributed by atoms with Gasteiger partial charge in [0, 0.05) is 30.5 Å². The third-order valence-corrected chi connectivity index (χ3v) is 3.99. The molecule has 0 radical (unpaired) electrons. The molecule has 1 heterocycles. The fraction of sp³-hybridized carbons (Fsp3) is 0.500. The van der Waals surface area contributed by atoms with Crippen LogP contribution in [0, 0.1) is 6.92 Å². The first-order valence-electron chi connectivity index (χ1n) is 9.01. The van der Waals surface area contributed by atoms with E-state index in [1.165, 1.54) is 5.56 Å². The van der Waals surface area contributed by atoms with Crippen molar-refractivity contribution in [2.45, 2.75) is 53.4 Å². The Morgan fingerprint density at radius 3 is 2.17 bits per heavy atom. The van der Waals surface area contributed by atoms with Gasteiger partial charge < -0.3 is 10.2 Å². The second-order valence-electron chi connectivity index (χ2n) is 6.58. The molecule has 2 aromatic rings. The van der Waals surface area contributed by atoms with Crippen molar-refractivity contribution in [3.05, 3.63) is 41.6 Å². The van der Waals surface area contributed by atoms with Gasteiger partial charge in [0.2, 0.25) is 5.95 Å². The van der Waals surface area contributed by atoms with Crippen LogP contribution in [-0.4, -0.2) is 23.1 Å². The molecule has 1 N–H and O–H groups in total. The minimum absolute atomic E-state index is 0.539. The molecule has 0 saturated carbocycles. The molecule has 130 valence electrons. The largest absolute Gasteiger partial charge is 0.356 e. The van der Waals surface area contributed by atoms with E-state index in [9.17, 15) is 0 Å². The molecular formula is C20H30N4. The first-order chi connectivity index (χ1) is 11.5. The lowest BCUT2D eigenvalue weighted by Crippen LogP contribution is -2.26. The Morgan fingerprint density at radius 1 is 1.00 bits per heavy atom. The van der Waals surface area contributed by atoms with Crippen LogP contribution in [-0.2, 0) is 0 Å². The zero-order valence-electron chi connectivity index (χ0n) is 15.6. The summed E-state index contributed by atoms with van der Waals surface area (Å²) in [6.45, 7) is 12.9. The van der Waals surface area contributed by atoms with Crippen LogP contribution in [0.1, 0.15) is 57.7 Å². The second-order valence-corrected chi connectivity index (χ2v) is 6.58. The average molecular weight is 326 g/mol. The quantitative estimate of drug-likeness (QED) is 0.716. The van der Waals surface area contributed by atoms with Crippen molar-refractivity contribution in [2.75, 3.05) is 23.3 Å². The van der Waals surface area contributed by atoms with E-state index in [-0.39, 0.29) is 0 Å². The summed E-state index contributed by atoms with van der Waals surface area (Å²) in [6.07, 6.45) is 2.23. The molecule has 24 heavy (non-hydrogen) atoms. The molecule has 0 spiro atoms. The van der Waals surface area contributed by atoms with Crippen molar-refractivity contribution >= 4 is 17.5 Å². The Hall–Kier alpha value is -2.10. The SMILES string of the molecule is CCCN(CCC)c1cc(C)nc(Nc2ccc(C(C)C)cc2)n1. The van der Waals surface area contributed by atoms with Gasteiger partial charge in [-0.1, -0.05) is 39.8 Å². The fourth-order valence-electron chi connectivity index (χ4n) is 2.73. The molecule has 2 rings (SSSR count). The molecular weight excluding hydrogens is 296 g/mol. The molecule has 1 aromatic carbocycles. The van der Waals surface area contributed by atoms with Crippen LogP contribution in [0.15, 0.2) is 30.3 Å². The summed E-state index contributed by atoms with van der Waals surface area (Å²) < 4.78 is 0. The highest BCUT2D eigenvalue weighted by Crippen LogP contribution is 2.21. The summed E-state index contributed by atoms with van der Waals surface area (Å²) in [5.74, 6) is 2.21. The van der Waals surface area contributed by atoms with Crippen LogP contribution >= 0.6 is 0 Å². The Bertz CT molecular complexity index is 629. The van der Waals surface area contributed by atoms with E-state index >= 15 is 0 Å². The van der Waals surface area contributed by atoms with Crippen LogP contribution in [0.4, 0.5) is 17.5 Å². The van der Waals surface area contributed by atoms with Crippen molar-refractivity contribution in [3.8, 4) is 0 Å². The number of rotatable bonds is 8.